The number of aliphatic imine (C=N–C) groups is 1. The lowest BCUT2D eigenvalue weighted by Gasteiger charge is -2.24. The summed E-state index contributed by atoms with van der Waals surface area (Å²) in [4.78, 5) is 19.1. The predicted octanol–water partition coefficient (Wildman–Crippen LogP) is 2.94. The van der Waals surface area contributed by atoms with Crippen LogP contribution in [-0.4, -0.2) is 67.5 Å². The molecule has 1 aliphatic rings. The Labute approximate surface area is 197 Å². The van der Waals surface area contributed by atoms with Crippen molar-refractivity contribution in [2.24, 2.45) is 4.99 Å². The van der Waals surface area contributed by atoms with E-state index in [1.807, 2.05) is 55.0 Å². The van der Waals surface area contributed by atoms with Crippen LogP contribution in [0.25, 0.3) is 0 Å². The third-order valence-electron chi connectivity index (χ3n) is 4.73. The Balaban J connectivity index is 0.00000420. The van der Waals surface area contributed by atoms with Gasteiger partial charge in [0.15, 0.2) is 5.96 Å². The number of amides is 1. The molecule has 1 aromatic carbocycles. The molecule has 0 spiro atoms. The van der Waals surface area contributed by atoms with Crippen molar-refractivity contribution in [1.82, 2.24) is 20.9 Å². The van der Waals surface area contributed by atoms with Crippen molar-refractivity contribution >= 4 is 47.6 Å². The maximum Gasteiger partial charge on any atom is 0.251 e. The maximum atomic E-state index is 12.3. The van der Waals surface area contributed by atoms with Crippen LogP contribution in [0.3, 0.4) is 0 Å². The number of hydrogen-bond acceptors (Lipinski definition) is 4. The quantitative estimate of drug-likeness (QED) is 0.259. The Morgan fingerprint density at radius 2 is 2.07 bits per heavy atom. The molecule has 1 heterocycles. The highest BCUT2D eigenvalue weighted by Crippen LogP contribution is 2.36. The fourth-order valence-electron chi connectivity index (χ4n) is 3.07. The van der Waals surface area contributed by atoms with E-state index in [1.165, 1.54) is 18.6 Å². The van der Waals surface area contributed by atoms with Gasteiger partial charge in [-0.15, -0.1) is 24.0 Å². The third-order valence-corrected chi connectivity index (χ3v) is 6.27. The first-order valence-electron chi connectivity index (χ1n) is 10.1. The summed E-state index contributed by atoms with van der Waals surface area (Å²) in [7, 11) is 3.99. The van der Waals surface area contributed by atoms with Crippen LogP contribution < -0.4 is 16.0 Å². The molecule has 6 nitrogen and oxygen atoms in total. The fourth-order valence-corrected chi connectivity index (χ4v) is 4.31. The highest BCUT2D eigenvalue weighted by molar-refractivity contribution is 14.0. The van der Waals surface area contributed by atoms with Crippen molar-refractivity contribution in [3.05, 3.63) is 35.4 Å². The largest absolute Gasteiger partial charge is 0.357 e. The number of carbonyl (C=O) groups is 1. The predicted molar refractivity (Wildman–Crippen MR) is 136 cm³/mol. The van der Waals surface area contributed by atoms with Gasteiger partial charge in [-0.05, 0) is 64.2 Å². The van der Waals surface area contributed by atoms with Gasteiger partial charge in [-0.3, -0.25) is 4.79 Å². The zero-order chi connectivity index (χ0) is 20.4. The second-order valence-electron chi connectivity index (χ2n) is 7.71. The molecule has 0 radical (unpaired) electrons. The number of thioether (sulfide) groups is 1. The van der Waals surface area contributed by atoms with Gasteiger partial charge in [0.25, 0.3) is 5.91 Å². The second-order valence-corrected chi connectivity index (χ2v) is 9.39. The molecule has 3 N–H and O–H groups in total. The van der Waals surface area contributed by atoms with Gasteiger partial charge in [0.05, 0.1) is 6.54 Å². The molecule has 1 saturated heterocycles. The average molecular weight is 534 g/mol. The number of halogens is 1. The van der Waals surface area contributed by atoms with Crippen molar-refractivity contribution in [3.8, 4) is 0 Å². The van der Waals surface area contributed by atoms with Crippen LogP contribution in [0.15, 0.2) is 29.3 Å². The molecular formula is C21H36IN5OS. The minimum Gasteiger partial charge on any atom is -0.357 e. The van der Waals surface area contributed by atoms with Crippen molar-refractivity contribution < 1.29 is 4.79 Å². The molecular weight excluding hydrogens is 497 g/mol. The summed E-state index contributed by atoms with van der Waals surface area (Å²) >= 11 is 2.04. The number of guanidine groups is 1. The fraction of sp³-hybridized carbons (Fsp3) is 0.619. The van der Waals surface area contributed by atoms with E-state index < -0.39 is 0 Å². The summed E-state index contributed by atoms with van der Waals surface area (Å²) < 4.78 is 0.292. The van der Waals surface area contributed by atoms with Crippen LogP contribution in [0.4, 0.5) is 0 Å². The number of nitrogens with one attached hydrogen (secondary N) is 3. The SMILES string of the molecule is CCNC(=NCc1cccc(C(=O)NCCN(C)C)c1)NCC1(C)CCCS1.I. The van der Waals surface area contributed by atoms with E-state index in [0.29, 0.717) is 23.4 Å². The summed E-state index contributed by atoms with van der Waals surface area (Å²) in [6.45, 7) is 8.13. The first-order valence-corrected chi connectivity index (χ1v) is 11.1. The Morgan fingerprint density at radius 3 is 2.72 bits per heavy atom. The molecule has 0 bridgehead atoms. The lowest BCUT2D eigenvalue weighted by atomic mass is 10.1. The van der Waals surface area contributed by atoms with E-state index in [0.717, 1.165) is 31.2 Å². The van der Waals surface area contributed by atoms with Gasteiger partial charge < -0.3 is 20.9 Å². The Morgan fingerprint density at radius 1 is 1.28 bits per heavy atom. The number of nitrogens with zero attached hydrogens (tertiary/aromatic N) is 2. The van der Waals surface area contributed by atoms with Gasteiger partial charge in [0, 0.05) is 36.5 Å². The molecule has 1 atom stereocenters. The summed E-state index contributed by atoms with van der Waals surface area (Å²) in [5, 5.41) is 9.75. The standard InChI is InChI=1S/C21H35N5OS.HI/c1-5-22-20(25-16-21(2)10-7-13-28-21)24-15-17-8-6-9-18(14-17)19(27)23-11-12-26(3)4;/h6,8-9,14H,5,7,10-13,15-16H2,1-4H3,(H,23,27)(H2,22,24,25);1H. The van der Waals surface area contributed by atoms with Crippen LogP contribution in [0, 0.1) is 0 Å². The molecule has 1 fully saturated rings. The van der Waals surface area contributed by atoms with Gasteiger partial charge in [0.1, 0.15) is 0 Å². The summed E-state index contributed by atoms with van der Waals surface area (Å²) in [6, 6.07) is 7.70. The molecule has 2 rings (SSSR count). The Hall–Kier alpha value is -1.00. The van der Waals surface area contributed by atoms with Gasteiger partial charge >= 0.3 is 0 Å². The van der Waals surface area contributed by atoms with Crippen LogP contribution in [0.1, 0.15) is 42.6 Å². The molecule has 1 amide bonds. The van der Waals surface area contributed by atoms with Crippen molar-refractivity contribution in [1.29, 1.82) is 0 Å². The minimum absolute atomic E-state index is 0. The average Bonchev–Trinajstić information content (AvgIpc) is 3.11. The van der Waals surface area contributed by atoms with E-state index in [4.69, 9.17) is 4.99 Å². The monoisotopic (exact) mass is 533 g/mol. The van der Waals surface area contributed by atoms with E-state index in [9.17, 15) is 4.79 Å². The third kappa shape index (κ3) is 9.57. The topological polar surface area (TPSA) is 68.8 Å². The molecule has 0 saturated carbocycles. The highest BCUT2D eigenvalue weighted by Gasteiger charge is 2.29. The molecule has 0 aromatic heterocycles. The molecule has 1 unspecified atom stereocenters. The molecule has 1 aliphatic heterocycles. The lowest BCUT2D eigenvalue weighted by molar-refractivity contribution is 0.0951. The number of likely N-dealkylation sites (N-methyl/N-ethyl adjacent to an activating group) is 1. The van der Waals surface area contributed by atoms with Gasteiger partial charge in [-0.1, -0.05) is 12.1 Å². The molecule has 29 heavy (non-hydrogen) atoms. The number of hydrogen-bond donors (Lipinski definition) is 3. The zero-order valence-corrected chi connectivity index (χ0v) is 21.2. The number of benzene rings is 1. The minimum atomic E-state index is -0.0381. The van der Waals surface area contributed by atoms with E-state index >= 15 is 0 Å². The molecule has 8 heteroatoms. The Bertz CT molecular complexity index is 662. The van der Waals surface area contributed by atoms with E-state index in [-0.39, 0.29) is 29.9 Å². The van der Waals surface area contributed by atoms with Crippen molar-refractivity contribution in [2.75, 3.05) is 46.0 Å². The van der Waals surface area contributed by atoms with Gasteiger partial charge in [0.2, 0.25) is 0 Å². The second kappa shape index (κ2) is 13.3. The van der Waals surface area contributed by atoms with Crippen molar-refractivity contribution in [3.63, 3.8) is 0 Å². The van der Waals surface area contributed by atoms with Crippen LogP contribution >= 0.6 is 35.7 Å². The lowest BCUT2D eigenvalue weighted by Crippen LogP contribution is -2.43. The first kappa shape index (κ1) is 26.0. The summed E-state index contributed by atoms with van der Waals surface area (Å²) in [6.07, 6.45) is 2.54. The van der Waals surface area contributed by atoms with Gasteiger partial charge in [-0.25, -0.2) is 4.99 Å². The van der Waals surface area contributed by atoms with Crippen LogP contribution in [-0.2, 0) is 6.54 Å². The number of rotatable bonds is 9. The molecule has 164 valence electrons. The maximum absolute atomic E-state index is 12.3. The highest BCUT2D eigenvalue weighted by atomic mass is 127. The zero-order valence-electron chi connectivity index (χ0n) is 18.1. The molecule has 1 aromatic rings. The Kier molecular flexibility index (Phi) is 12.0. The normalized spacial score (nSPS) is 19.0. The van der Waals surface area contributed by atoms with E-state index in [2.05, 4.69) is 29.8 Å². The van der Waals surface area contributed by atoms with Crippen LogP contribution in [0.5, 0.6) is 0 Å². The first-order chi connectivity index (χ1) is 13.4. The molecule has 0 aliphatic carbocycles. The number of carbonyl (C=O) groups excluding carboxylic acids is 1. The van der Waals surface area contributed by atoms with Crippen LogP contribution in [0.2, 0.25) is 0 Å². The van der Waals surface area contributed by atoms with E-state index in [1.54, 1.807) is 0 Å². The smallest absolute Gasteiger partial charge is 0.251 e. The summed E-state index contributed by atoms with van der Waals surface area (Å²) in [5.74, 6) is 2.04. The van der Waals surface area contributed by atoms with Crippen molar-refractivity contribution in [2.45, 2.75) is 38.0 Å². The van der Waals surface area contributed by atoms with Gasteiger partial charge in [-0.2, -0.15) is 11.8 Å². The summed E-state index contributed by atoms with van der Waals surface area (Å²) in [5.41, 5.74) is 1.71.